The van der Waals surface area contributed by atoms with Crippen LogP contribution in [0.3, 0.4) is 0 Å². The van der Waals surface area contributed by atoms with Crippen LogP contribution in [0.4, 0.5) is 5.69 Å². The number of pyridine rings is 1. The van der Waals surface area contributed by atoms with E-state index in [4.69, 9.17) is 22.6 Å². The molecule has 1 aromatic heterocycles. The predicted molar refractivity (Wildman–Crippen MR) is 75.7 cm³/mol. The van der Waals surface area contributed by atoms with Gasteiger partial charge in [-0.15, -0.1) is 0 Å². The molecule has 1 heterocycles. The second-order valence-corrected chi connectivity index (χ2v) is 6.46. The average molecular weight is 308 g/mol. The Labute approximate surface area is 121 Å². The highest BCUT2D eigenvalue weighted by Gasteiger charge is 2.19. The van der Waals surface area contributed by atoms with Crippen LogP contribution < -0.4 is 5.73 Å². The SMILES string of the molecule is N#Cc1ccc(CS(=O)(=O)c2ccncc2N)c(Cl)c1. The van der Waals surface area contributed by atoms with Crippen LogP contribution in [0, 0.1) is 11.3 Å². The van der Waals surface area contributed by atoms with Crippen molar-refractivity contribution in [2.24, 2.45) is 0 Å². The molecule has 1 aromatic carbocycles. The van der Waals surface area contributed by atoms with E-state index in [2.05, 4.69) is 4.98 Å². The maximum absolute atomic E-state index is 12.3. The van der Waals surface area contributed by atoms with Crippen molar-refractivity contribution in [3.8, 4) is 6.07 Å². The molecule has 0 radical (unpaired) electrons. The number of aromatic nitrogens is 1. The number of halogens is 1. The molecule has 20 heavy (non-hydrogen) atoms. The highest BCUT2D eigenvalue weighted by molar-refractivity contribution is 7.90. The predicted octanol–water partition coefficient (Wildman–Crippen LogP) is 2.16. The van der Waals surface area contributed by atoms with Crippen molar-refractivity contribution in [2.75, 3.05) is 5.73 Å². The van der Waals surface area contributed by atoms with Gasteiger partial charge in [-0.2, -0.15) is 5.26 Å². The minimum Gasteiger partial charge on any atom is -0.396 e. The van der Waals surface area contributed by atoms with Crippen molar-refractivity contribution in [3.63, 3.8) is 0 Å². The molecule has 2 rings (SSSR count). The first kappa shape index (κ1) is 14.3. The van der Waals surface area contributed by atoms with Crippen molar-refractivity contribution in [3.05, 3.63) is 52.8 Å². The van der Waals surface area contributed by atoms with E-state index in [1.807, 2.05) is 6.07 Å². The summed E-state index contributed by atoms with van der Waals surface area (Å²) in [6.45, 7) is 0. The van der Waals surface area contributed by atoms with Gasteiger partial charge in [0.15, 0.2) is 9.84 Å². The molecule has 0 aliphatic heterocycles. The lowest BCUT2D eigenvalue weighted by Gasteiger charge is -2.08. The molecule has 2 aromatic rings. The van der Waals surface area contributed by atoms with E-state index >= 15 is 0 Å². The molecule has 0 atom stereocenters. The van der Waals surface area contributed by atoms with E-state index in [0.717, 1.165) is 0 Å². The van der Waals surface area contributed by atoms with Crippen LogP contribution in [0.2, 0.25) is 5.02 Å². The van der Waals surface area contributed by atoms with Crippen molar-refractivity contribution in [1.82, 2.24) is 4.98 Å². The van der Waals surface area contributed by atoms with Gasteiger partial charge in [-0.05, 0) is 23.8 Å². The van der Waals surface area contributed by atoms with Gasteiger partial charge in [0.2, 0.25) is 0 Å². The summed E-state index contributed by atoms with van der Waals surface area (Å²) < 4.78 is 24.6. The lowest BCUT2D eigenvalue weighted by molar-refractivity contribution is 0.595. The molecule has 5 nitrogen and oxygen atoms in total. The van der Waals surface area contributed by atoms with E-state index in [1.165, 1.54) is 36.7 Å². The molecule has 0 spiro atoms. The van der Waals surface area contributed by atoms with Gasteiger partial charge in [-0.1, -0.05) is 17.7 Å². The monoisotopic (exact) mass is 307 g/mol. The second kappa shape index (κ2) is 5.49. The Hall–Kier alpha value is -2.10. The lowest BCUT2D eigenvalue weighted by atomic mass is 10.2. The van der Waals surface area contributed by atoms with Crippen LogP contribution >= 0.6 is 11.6 Å². The number of nitrogen functional groups attached to an aromatic ring is 1. The van der Waals surface area contributed by atoms with Crippen LogP contribution in [-0.2, 0) is 15.6 Å². The highest BCUT2D eigenvalue weighted by atomic mass is 35.5. The third-order valence-electron chi connectivity index (χ3n) is 2.67. The molecular weight excluding hydrogens is 298 g/mol. The van der Waals surface area contributed by atoms with Crippen LogP contribution in [0.1, 0.15) is 11.1 Å². The molecule has 0 unspecified atom stereocenters. The van der Waals surface area contributed by atoms with Gasteiger partial charge in [0.25, 0.3) is 0 Å². The van der Waals surface area contributed by atoms with Crippen molar-refractivity contribution < 1.29 is 8.42 Å². The molecule has 0 saturated carbocycles. The number of sulfone groups is 1. The summed E-state index contributed by atoms with van der Waals surface area (Å²) in [4.78, 5) is 3.78. The number of nitrogens with zero attached hydrogens (tertiary/aromatic N) is 2. The zero-order valence-corrected chi connectivity index (χ0v) is 11.8. The van der Waals surface area contributed by atoms with Gasteiger partial charge in [0.05, 0.1) is 34.2 Å². The Bertz CT molecular complexity index is 798. The summed E-state index contributed by atoms with van der Waals surface area (Å²) in [7, 11) is -3.62. The van der Waals surface area contributed by atoms with Gasteiger partial charge >= 0.3 is 0 Å². The Balaban J connectivity index is 2.40. The van der Waals surface area contributed by atoms with E-state index in [-0.39, 0.29) is 21.4 Å². The Morgan fingerprint density at radius 3 is 2.70 bits per heavy atom. The molecular formula is C13H10ClN3O2S. The van der Waals surface area contributed by atoms with Gasteiger partial charge in [0, 0.05) is 11.2 Å². The fourth-order valence-electron chi connectivity index (χ4n) is 1.69. The molecule has 0 bridgehead atoms. The number of hydrogen-bond acceptors (Lipinski definition) is 5. The molecule has 7 heteroatoms. The number of hydrogen-bond donors (Lipinski definition) is 1. The van der Waals surface area contributed by atoms with Gasteiger partial charge < -0.3 is 5.73 Å². The summed E-state index contributed by atoms with van der Waals surface area (Å²) in [5.41, 5.74) is 6.51. The Morgan fingerprint density at radius 2 is 2.10 bits per heavy atom. The first-order chi connectivity index (χ1) is 9.44. The smallest absolute Gasteiger partial charge is 0.184 e. The summed E-state index contributed by atoms with van der Waals surface area (Å²) in [5.74, 6) is -0.286. The summed E-state index contributed by atoms with van der Waals surface area (Å²) in [6, 6.07) is 7.76. The number of benzene rings is 1. The van der Waals surface area contributed by atoms with Crippen molar-refractivity contribution in [1.29, 1.82) is 5.26 Å². The first-order valence-electron chi connectivity index (χ1n) is 5.55. The van der Waals surface area contributed by atoms with E-state index in [0.29, 0.717) is 11.1 Å². The zero-order valence-electron chi connectivity index (χ0n) is 10.2. The van der Waals surface area contributed by atoms with Crippen LogP contribution in [0.5, 0.6) is 0 Å². The number of anilines is 1. The summed E-state index contributed by atoms with van der Waals surface area (Å²) in [5, 5.41) is 8.99. The summed E-state index contributed by atoms with van der Waals surface area (Å²) in [6.07, 6.45) is 2.65. The number of nitrogens with two attached hydrogens (primary N) is 1. The normalized spacial score (nSPS) is 11.0. The first-order valence-corrected chi connectivity index (χ1v) is 7.58. The molecule has 0 aliphatic rings. The standard InChI is InChI=1S/C13H10ClN3O2S/c14-11-5-9(6-15)1-2-10(11)8-20(18,19)13-3-4-17-7-12(13)16/h1-5,7H,8,16H2. The van der Waals surface area contributed by atoms with Crippen molar-refractivity contribution >= 4 is 27.1 Å². The van der Waals surface area contributed by atoms with Crippen molar-refractivity contribution in [2.45, 2.75) is 10.6 Å². The molecule has 0 saturated heterocycles. The Kier molecular flexibility index (Phi) is 3.93. The molecule has 0 aliphatic carbocycles. The fourth-order valence-corrected chi connectivity index (χ4v) is 3.52. The zero-order chi connectivity index (χ0) is 14.8. The minimum absolute atomic E-state index is 0.0212. The second-order valence-electron chi connectivity index (χ2n) is 4.09. The quantitative estimate of drug-likeness (QED) is 0.937. The topological polar surface area (TPSA) is 96.8 Å². The number of rotatable bonds is 3. The Morgan fingerprint density at radius 1 is 1.35 bits per heavy atom. The van der Waals surface area contributed by atoms with Crippen LogP contribution in [0.25, 0.3) is 0 Å². The van der Waals surface area contributed by atoms with Gasteiger partial charge in [0.1, 0.15) is 0 Å². The fraction of sp³-hybridized carbons (Fsp3) is 0.0769. The average Bonchev–Trinajstić information content (AvgIpc) is 2.41. The maximum Gasteiger partial charge on any atom is 0.184 e. The van der Waals surface area contributed by atoms with E-state index in [1.54, 1.807) is 0 Å². The largest absolute Gasteiger partial charge is 0.396 e. The third kappa shape index (κ3) is 2.90. The lowest BCUT2D eigenvalue weighted by Crippen LogP contribution is -2.08. The highest BCUT2D eigenvalue weighted by Crippen LogP contribution is 2.25. The molecule has 0 amide bonds. The van der Waals surface area contributed by atoms with Crippen LogP contribution in [-0.4, -0.2) is 13.4 Å². The maximum atomic E-state index is 12.3. The molecule has 2 N–H and O–H groups in total. The molecule has 102 valence electrons. The summed E-state index contributed by atoms with van der Waals surface area (Å²) >= 11 is 5.98. The van der Waals surface area contributed by atoms with Gasteiger partial charge in [-0.3, -0.25) is 4.98 Å². The van der Waals surface area contributed by atoms with Gasteiger partial charge in [-0.25, -0.2) is 8.42 Å². The third-order valence-corrected chi connectivity index (χ3v) is 4.76. The molecule has 0 fully saturated rings. The van der Waals surface area contributed by atoms with E-state index < -0.39 is 9.84 Å². The van der Waals surface area contributed by atoms with Crippen LogP contribution in [0.15, 0.2) is 41.6 Å². The minimum atomic E-state index is -3.62. The van der Waals surface area contributed by atoms with E-state index in [9.17, 15) is 8.42 Å². The number of nitriles is 1.